The van der Waals surface area contributed by atoms with Crippen molar-refractivity contribution in [2.45, 2.75) is 39.2 Å². The molecule has 0 aromatic heterocycles. The number of halogens is 1. The Labute approximate surface area is 114 Å². The second-order valence-corrected chi connectivity index (χ2v) is 4.64. The first-order valence-electron chi connectivity index (χ1n) is 6.90. The second kappa shape index (κ2) is 8.64. The SMILES string of the molecule is CCC(CC)NC(=O)CNCCc1cccc(F)c1. The van der Waals surface area contributed by atoms with Crippen LogP contribution in [0.5, 0.6) is 0 Å². The summed E-state index contributed by atoms with van der Waals surface area (Å²) >= 11 is 0. The fraction of sp³-hybridized carbons (Fsp3) is 0.533. The normalized spacial score (nSPS) is 10.7. The van der Waals surface area contributed by atoms with E-state index < -0.39 is 0 Å². The van der Waals surface area contributed by atoms with Gasteiger partial charge in [0.15, 0.2) is 0 Å². The monoisotopic (exact) mass is 266 g/mol. The summed E-state index contributed by atoms with van der Waals surface area (Å²) in [6, 6.07) is 6.79. The Bertz CT molecular complexity index is 391. The highest BCUT2D eigenvalue weighted by molar-refractivity contribution is 5.78. The minimum Gasteiger partial charge on any atom is -0.352 e. The predicted molar refractivity (Wildman–Crippen MR) is 75.5 cm³/mol. The van der Waals surface area contributed by atoms with Crippen LogP contribution in [0.15, 0.2) is 24.3 Å². The number of hydrogen-bond acceptors (Lipinski definition) is 2. The van der Waals surface area contributed by atoms with E-state index in [0.717, 1.165) is 24.8 Å². The molecule has 3 nitrogen and oxygen atoms in total. The Morgan fingerprint density at radius 1 is 1.32 bits per heavy atom. The molecule has 2 N–H and O–H groups in total. The molecule has 0 atom stereocenters. The van der Waals surface area contributed by atoms with Crippen LogP contribution in [0.1, 0.15) is 32.3 Å². The van der Waals surface area contributed by atoms with E-state index in [1.807, 2.05) is 6.07 Å². The highest BCUT2D eigenvalue weighted by Gasteiger charge is 2.07. The molecule has 106 valence electrons. The fourth-order valence-electron chi connectivity index (χ4n) is 1.90. The van der Waals surface area contributed by atoms with Crippen molar-refractivity contribution in [2.24, 2.45) is 0 Å². The molecule has 0 aliphatic heterocycles. The summed E-state index contributed by atoms with van der Waals surface area (Å²) in [5.74, 6) is -0.197. The summed E-state index contributed by atoms with van der Waals surface area (Å²) in [5, 5.41) is 6.03. The lowest BCUT2D eigenvalue weighted by Crippen LogP contribution is -2.40. The lowest BCUT2D eigenvalue weighted by molar-refractivity contribution is -0.121. The van der Waals surface area contributed by atoms with Gasteiger partial charge in [0, 0.05) is 6.04 Å². The quantitative estimate of drug-likeness (QED) is 0.709. The molecule has 0 aliphatic rings. The van der Waals surface area contributed by atoms with Gasteiger partial charge in [-0.15, -0.1) is 0 Å². The molecule has 1 aromatic carbocycles. The average Bonchev–Trinajstić information content (AvgIpc) is 2.41. The summed E-state index contributed by atoms with van der Waals surface area (Å²) in [5.41, 5.74) is 0.938. The maximum atomic E-state index is 12.9. The minimum atomic E-state index is -0.219. The van der Waals surface area contributed by atoms with Crippen LogP contribution in [0.3, 0.4) is 0 Å². The van der Waals surface area contributed by atoms with Gasteiger partial charge in [-0.3, -0.25) is 4.79 Å². The van der Waals surface area contributed by atoms with E-state index in [2.05, 4.69) is 24.5 Å². The standard InChI is InChI=1S/C15H23FN2O/c1-3-14(4-2)18-15(19)11-17-9-8-12-6-5-7-13(16)10-12/h5-7,10,14,17H,3-4,8-9,11H2,1-2H3,(H,18,19). The molecule has 0 unspecified atom stereocenters. The van der Waals surface area contributed by atoms with Crippen molar-refractivity contribution in [3.05, 3.63) is 35.6 Å². The maximum absolute atomic E-state index is 12.9. The molecule has 0 bridgehead atoms. The highest BCUT2D eigenvalue weighted by Crippen LogP contribution is 2.03. The largest absolute Gasteiger partial charge is 0.352 e. The van der Waals surface area contributed by atoms with E-state index in [9.17, 15) is 9.18 Å². The molecule has 0 saturated carbocycles. The molecule has 0 fully saturated rings. The van der Waals surface area contributed by atoms with Crippen LogP contribution < -0.4 is 10.6 Å². The first kappa shape index (κ1) is 15.6. The van der Waals surface area contributed by atoms with Gasteiger partial charge in [0.2, 0.25) is 5.91 Å². The molecule has 1 amide bonds. The van der Waals surface area contributed by atoms with Crippen molar-refractivity contribution >= 4 is 5.91 Å². The molecule has 0 radical (unpaired) electrons. The molecule has 0 heterocycles. The molecule has 19 heavy (non-hydrogen) atoms. The molecule has 0 saturated heterocycles. The zero-order valence-corrected chi connectivity index (χ0v) is 11.7. The molecular weight excluding hydrogens is 243 g/mol. The third-order valence-electron chi connectivity index (χ3n) is 3.12. The van der Waals surface area contributed by atoms with Crippen molar-refractivity contribution in [3.8, 4) is 0 Å². The number of rotatable bonds is 8. The fourth-order valence-corrected chi connectivity index (χ4v) is 1.90. The van der Waals surface area contributed by atoms with E-state index in [-0.39, 0.29) is 17.8 Å². The third kappa shape index (κ3) is 6.34. The Kier molecular flexibility index (Phi) is 7.11. The van der Waals surface area contributed by atoms with Crippen LogP contribution in [0.25, 0.3) is 0 Å². The van der Waals surface area contributed by atoms with Gasteiger partial charge in [-0.25, -0.2) is 4.39 Å². The van der Waals surface area contributed by atoms with Crippen LogP contribution in [-0.2, 0) is 11.2 Å². The molecule has 1 rings (SSSR count). The first-order valence-corrected chi connectivity index (χ1v) is 6.90. The average molecular weight is 266 g/mol. The topological polar surface area (TPSA) is 41.1 Å². The number of carbonyl (C=O) groups excluding carboxylic acids is 1. The van der Waals surface area contributed by atoms with Gasteiger partial charge in [0.25, 0.3) is 0 Å². The highest BCUT2D eigenvalue weighted by atomic mass is 19.1. The maximum Gasteiger partial charge on any atom is 0.234 e. The van der Waals surface area contributed by atoms with Gasteiger partial charge >= 0.3 is 0 Å². The molecule has 1 aromatic rings. The number of carbonyl (C=O) groups is 1. The predicted octanol–water partition coefficient (Wildman–Crippen LogP) is 2.26. The van der Waals surface area contributed by atoms with E-state index in [1.54, 1.807) is 6.07 Å². The number of nitrogens with one attached hydrogen (secondary N) is 2. The van der Waals surface area contributed by atoms with Crippen molar-refractivity contribution in [3.63, 3.8) is 0 Å². The molecule has 4 heteroatoms. The smallest absolute Gasteiger partial charge is 0.234 e. The number of amides is 1. The van der Waals surface area contributed by atoms with Crippen LogP contribution in [-0.4, -0.2) is 25.0 Å². The van der Waals surface area contributed by atoms with Gasteiger partial charge in [0.1, 0.15) is 5.82 Å². The van der Waals surface area contributed by atoms with Crippen LogP contribution >= 0.6 is 0 Å². The van der Waals surface area contributed by atoms with E-state index in [4.69, 9.17) is 0 Å². The lowest BCUT2D eigenvalue weighted by Gasteiger charge is -2.14. The lowest BCUT2D eigenvalue weighted by atomic mass is 10.1. The van der Waals surface area contributed by atoms with Crippen molar-refractivity contribution < 1.29 is 9.18 Å². The number of benzene rings is 1. The zero-order chi connectivity index (χ0) is 14.1. The van der Waals surface area contributed by atoms with Gasteiger partial charge < -0.3 is 10.6 Å². The van der Waals surface area contributed by atoms with Gasteiger partial charge in [-0.2, -0.15) is 0 Å². The summed E-state index contributed by atoms with van der Waals surface area (Å²) in [6.07, 6.45) is 2.62. The van der Waals surface area contributed by atoms with Gasteiger partial charge in [-0.1, -0.05) is 26.0 Å². The van der Waals surface area contributed by atoms with Crippen molar-refractivity contribution in [1.82, 2.24) is 10.6 Å². The van der Waals surface area contributed by atoms with Crippen LogP contribution in [0.2, 0.25) is 0 Å². The van der Waals surface area contributed by atoms with E-state index >= 15 is 0 Å². The molecule has 0 spiro atoms. The summed E-state index contributed by atoms with van der Waals surface area (Å²) in [4.78, 5) is 11.6. The summed E-state index contributed by atoms with van der Waals surface area (Å²) < 4.78 is 12.9. The number of hydrogen-bond donors (Lipinski definition) is 2. The van der Waals surface area contributed by atoms with Crippen molar-refractivity contribution in [1.29, 1.82) is 0 Å². The Hall–Kier alpha value is -1.42. The minimum absolute atomic E-state index is 0.0212. The van der Waals surface area contributed by atoms with E-state index in [1.165, 1.54) is 12.1 Å². The third-order valence-corrected chi connectivity index (χ3v) is 3.12. The molecular formula is C15H23FN2O. The zero-order valence-electron chi connectivity index (χ0n) is 11.7. The first-order chi connectivity index (χ1) is 9.15. The van der Waals surface area contributed by atoms with Crippen LogP contribution in [0.4, 0.5) is 4.39 Å². The van der Waals surface area contributed by atoms with E-state index in [0.29, 0.717) is 13.1 Å². The Morgan fingerprint density at radius 3 is 2.68 bits per heavy atom. The second-order valence-electron chi connectivity index (χ2n) is 4.64. The summed E-state index contributed by atoms with van der Waals surface area (Å²) in [7, 11) is 0. The van der Waals surface area contributed by atoms with Gasteiger partial charge in [-0.05, 0) is 43.5 Å². The van der Waals surface area contributed by atoms with Gasteiger partial charge in [0.05, 0.1) is 6.54 Å². The Balaban J connectivity index is 2.18. The summed E-state index contributed by atoms with van der Waals surface area (Å²) in [6.45, 7) is 5.10. The van der Waals surface area contributed by atoms with Crippen molar-refractivity contribution in [2.75, 3.05) is 13.1 Å². The Morgan fingerprint density at radius 2 is 2.05 bits per heavy atom. The molecule has 0 aliphatic carbocycles. The van der Waals surface area contributed by atoms with Crippen LogP contribution in [0, 0.1) is 5.82 Å².